The van der Waals surface area contributed by atoms with Gasteiger partial charge in [-0.1, -0.05) is 12.1 Å². The number of piperazine rings is 1. The first-order valence-corrected chi connectivity index (χ1v) is 10.2. The Bertz CT molecular complexity index is 974. The number of methoxy groups -OCH3 is 2. The summed E-state index contributed by atoms with van der Waals surface area (Å²) in [5.74, 6) is -0.384. The van der Waals surface area contributed by atoms with Crippen LogP contribution >= 0.6 is 12.2 Å². The molecule has 164 valence electrons. The molecule has 0 aliphatic carbocycles. The van der Waals surface area contributed by atoms with Crippen LogP contribution in [0.5, 0.6) is 5.75 Å². The van der Waals surface area contributed by atoms with Gasteiger partial charge in [-0.3, -0.25) is 10.1 Å². The van der Waals surface area contributed by atoms with Gasteiger partial charge < -0.3 is 24.6 Å². The van der Waals surface area contributed by atoms with Gasteiger partial charge in [0.2, 0.25) is 0 Å². The molecule has 9 heteroatoms. The maximum atomic E-state index is 12.7. The van der Waals surface area contributed by atoms with Gasteiger partial charge in [-0.15, -0.1) is 0 Å². The first kappa shape index (κ1) is 22.5. The molecule has 1 amide bonds. The number of nitrogens with one attached hydrogen (secondary N) is 2. The fourth-order valence-corrected chi connectivity index (χ4v) is 3.56. The van der Waals surface area contributed by atoms with E-state index in [1.165, 1.54) is 14.2 Å². The van der Waals surface area contributed by atoms with Gasteiger partial charge in [0.15, 0.2) is 5.11 Å². The van der Waals surface area contributed by atoms with Gasteiger partial charge in [0.05, 0.1) is 36.7 Å². The predicted molar refractivity (Wildman–Crippen MR) is 124 cm³/mol. The topological polar surface area (TPSA) is 83.1 Å². The summed E-state index contributed by atoms with van der Waals surface area (Å²) < 4.78 is 10.1. The molecule has 1 heterocycles. The van der Waals surface area contributed by atoms with Crippen molar-refractivity contribution in [2.75, 3.05) is 57.7 Å². The van der Waals surface area contributed by atoms with Gasteiger partial charge in [-0.05, 0) is 49.6 Å². The van der Waals surface area contributed by atoms with Crippen molar-refractivity contribution in [3.63, 3.8) is 0 Å². The Morgan fingerprint density at radius 2 is 1.74 bits per heavy atom. The maximum Gasteiger partial charge on any atom is 0.337 e. The Balaban J connectivity index is 1.81. The molecule has 0 saturated carbocycles. The number of hydrogen-bond donors (Lipinski definition) is 2. The number of benzene rings is 2. The number of carbonyl (C=O) groups is 2. The fraction of sp³-hybridized carbons (Fsp3) is 0.318. The van der Waals surface area contributed by atoms with E-state index in [0.717, 1.165) is 31.9 Å². The van der Waals surface area contributed by atoms with Crippen LogP contribution in [0, 0.1) is 0 Å². The van der Waals surface area contributed by atoms with Crippen LogP contribution < -0.4 is 20.3 Å². The molecule has 0 aromatic heterocycles. The number of anilines is 2. The zero-order valence-electron chi connectivity index (χ0n) is 17.8. The highest BCUT2D eigenvalue weighted by Crippen LogP contribution is 2.29. The molecule has 0 unspecified atom stereocenters. The van der Waals surface area contributed by atoms with E-state index in [-0.39, 0.29) is 11.0 Å². The largest absolute Gasteiger partial charge is 0.496 e. The van der Waals surface area contributed by atoms with Gasteiger partial charge in [-0.25, -0.2) is 4.79 Å². The molecule has 1 aliphatic heterocycles. The van der Waals surface area contributed by atoms with Crippen molar-refractivity contribution in [1.82, 2.24) is 10.2 Å². The summed E-state index contributed by atoms with van der Waals surface area (Å²) in [5, 5.41) is 5.87. The maximum absolute atomic E-state index is 12.7. The predicted octanol–water partition coefficient (Wildman–Crippen LogP) is 2.36. The molecular weight excluding hydrogens is 416 g/mol. The molecule has 1 aliphatic rings. The Morgan fingerprint density at radius 1 is 1.03 bits per heavy atom. The van der Waals surface area contributed by atoms with Crippen LogP contribution in [0.4, 0.5) is 11.4 Å². The third kappa shape index (κ3) is 5.50. The molecule has 0 atom stereocenters. The normalized spacial score (nSPS) is 14.0. The number of para-hydroxylation sites is 1. The van der Waals surface area contributed by atoms with Crippen LogP contribution in [-0.2, 0) is 4.74 Å². The smallest absolute Gasteiger partial charge is 0.337 e. The van der Waals surface area contributed by atoms with Crippen LogP contribution in [0.1, 0.15) is 20.7 Å². The zero-order chi connectivity index (χ0) is 22.4. The van der Waals surface area contributed by atoms with Crippen molar-refractivity contribution in [3.05, 3.63) is 53.6 Å². The molecule has 1 fully saturated rings. The van der Waals surface area contributed by atoms with Crippen molar-refractivity contribution in [1.29, 1.82) is 0 Å². The van der Waals surface area contributed by atoms with Crippen molar-refractivity contribution in [3.8, 4) is 5.75 Å². The molecule has 8 nitrogen and oxygen atoms in total. The molecule has 1 saturated heterocycles. The number of likely N-dealkylation sites (N-methyl/N-ethyl adjacent to an activating group) is 1. The summed E-state index contributed by atoms with van der Waals surface area (Å²) in [7, 11) is 4.92. The minimum atomic E-state index is -0.447. The number of thiocarbonyl (C=S) groups is 1. The van der Waals surface area contributed by atoms with Crippen molar-refractivity contribution < 1.29 is 19.1 Å². The third-order valence-corrected chi connectivity index (χ3v) is 5.29. The lowest BCUT2D eigenvalue weighted by molar-refractivity contribution is 0.0600. The van der Waals surface area contributed by atoms with Gasteiger partial charge in [0, 0.05) is 26.2 Å². The van der Waals surface area contributed by atoms with Crippen LogP contribution in [0.15, 0.2) is 42.5 Å². The molecular formula is C22H26N4O4S. The van der Waals surface area contributed by atoms with Gasteiger partial charge in [0.1, 0.15) is 5.75 Å². The van der Waals surface area contributed by atoms with Crippen LogP contribution in [0.2, 0.25) is 0 Å². The monoisotopic (exact) mass is 442 g/mol. The molecule has 0 bridgehead atoms. The Hall–Kier alpha value is -3.17. The molecule has 3 rings (SSSR count). The van der Waals surface area contributed by atoms with E-state index in [4.69, 9.17) is 21.7 Å². The first-order chi connectivity index (χ1) is 14.9. The standard InChI is InChI=1S/C22H26N4O4S/c1-25-10-12-26(13-11-25)18-9-8-15(21(28)30-3)14-17(18)23-22(31)24-20(27)16-6-4-5-7-19(16)29-2/h4-9,14H,10-13H2,1-3H3,(H2,23,24,27,31). The Labute approximate surface area is 187 Å². The van der Waals surface area contributed by atoms with E-state index >= 15 is 0 Å². The lowest BCUT2D eigenvalue weighted by atomic mass is 10.1. The van der Waals surface area contributed by atoms with Crippen molar-refractivity contribution in [2.45, 2.75) is 0 Å². The second-order valence-corrected chi connectivity index (χ2v) is 7.53. The lowest BCUT2D eigenvalue weighted by Crippen LogP contribution is -2.45. The number of hydrogen-bond acceptors (Lipinski definition) is 7. The number of amides is 1. The number of ether oxygens (including phenoxy) is 2. The first-order valence-electron chi connectivity index (χ1n) is 9.84. The second-order valence-electron chi connectivity index (χ2n) is 7.12. The quantitative estimate of drug-likeness (QED) is 0.540. The third-order valence-electron chi connectivity index (χ3n) is 5.09. The molecule has 0 spiro atoms. The number of rotatable bonds is 5. The molecule has 0 radical (unpaired) electrons. The highest BCUT2D eigenvalue weighted by molar-refractivity contribution is 7.80. The van der Waals surface area contributed by atoms with E-state index in [2.05, 4.69) is 27.5 Å². The summed E-state index contributed by atoms with van der Waals surface area (Å²) in [5.41, 5.74) is 2.28. The lowest BCUT2D eigenvalue weighted by Gasteiger charge is -2.35. The van der Waals surface area contributed by atoms with Crippen LogP contribution in [0.25, 0.3) is 0 Å². The summed E-state index contributed by atoms with van der Waals surface area (Å²) in [6, 6.07) is 12.2. The minimum Gasteiger partial charge on any atom is -0.496 e. The molecule has 2 aromatic carbocycles. The fourth-order valence-electron chi connectivity index (χ4n) is 3.36. The summed E-state index contributed by atoms with van der Waals surface area (Å²) in [6.07, 6.45) is 0. The van der Waals surface area contributed by atoms with Gasteiger partial charge in [0.25, 0.3) is 5.91 Å². The average Bonchev–Trinajstić information content (AvgIpc) is 2.79. The van der Waals surface area contributed by atoms with E-state index in [9.17, 15) is 9.59 Å². The molecule has 2 aromatic rings. The Kier molecular flexibility index (Phi) is 7.43. The highest BCUT2D eigenvalue weighted by Gasteiger charge is 2.20. The van der Waals surface area contributed by atoms with E-state index in [1.807, 2.05) is 6.07 Å². The highest BCUT2D eigenvalue weighted by atomic mass is 32.1. The SMILES string of the molecule is COC(=O)c1ccc(N2CCN(C)CC2)c(NC(=S)NC(=O)c2ccccc2OC)c1. The van der Waals surface area contributed by atoms with Gasteiger partial charge >= 0.3 is 5.97 Å². The summed E-state index contributed by atoms with van der Waals surface area (Å²) in [4.78, 5) is 29.2. The van der Waals surface area contributed by atoms with E-state index in [1.54, 1.807) is 36.4 Å². The average molecular weight is 443 g/mol. The number of carbonyl (C=O) groups excluding carboxylic acids is 2. The Morgan fingerprint density at radius 3 is 2.42 bits per heavy atom. The number of esters is 1. The zero-order valence-corrected chi connectivity index (χ0v) is 18.6. The summed E-state index contributed by atoms with van der Waals surface area (Å²) in [6.45, 7) is 3.52. The minimum absolute atomic E-state index is 0.119. The molecule has 31 heavy (non-hydrogen) atoms. The van der Waals surface area contributed by atoms with Gasteiger partial charge in [-0.2, -0.15) is 0 Å². The van der Waals surface area contributed by atoms with Crippen molar-refractivity contribution in [2.24, 2.45) is 0 Å². The molecule has 2 N–H and O–H groups in total. The second kappa shape index (κ2) is 10.2. The summed E-state index contributed by atoms with van der Waals surface area (Å²) >= 11 is 5.38. The van der Waals surface area contributed by atoms with E-state index in [0.29, 0.717) is 22.6 Å². The van der Waals surface area contributed by atoms with Crippen molar-refractivity contribution >= 4 is 40.6 Å². The van der Waals surface area contributed by atoms with Crippen LogP contribution in [-0.4, -0.2) is 69.3 Å². The number of nitrogens with zero attached hydrogens (tertiary/aromatic N) is 2. The van der Waals surface area contributed by atoms with E-state index < -0.39 is 5.97 Å². The van der Waals surface area contributed by atoms with Crippen LogP contribution in [0.3, 0.4) is 0 Å².